The number of carbonyl (C=O) groups excluding carboxylic acids is 2. The van der Waals surface area contributed by atoms with Gasteiger partial charge in [-0.1, -0.05) is 6.07 Å². The van der Waals surface area contributed by atoms with Crippen LogP contribution < -0.4 is 16.0 Å². The Bertz CT molecular complexity index is 609. The topological polar surface area (TPSA) is 122 Å². The van der Waals surface area contributed by atoms with E-state index in [1.807, 2.05) is 11.0 Å². The molecule has 0 radical (unpaired) electrons. The fourth-order valence-corrected chi connectivity index (χ4v) is 2.38. The van der Waals surface area contributed by atoms with Crippen molar-refractivity contribution in [1.82, 2.24) is 10.2 Å². The summed E-state index contributed by atoms with van der Waals surface area (Å²) in [5.74, 6) is -0.529. The summed E-state index contributed by atoms with van der Waals surface area (Å²) in [4.78, 5) is 37.1. The van der Waals surface area contributed by atoms with Gasteiger partial charge < -0.3 is 20.9 Å². The number of nitrogens with zero attached hydrogens (tertiary/aromatic N) is 3. The maximum atomic E-state index is 12.0. The van der Waals surface area contributed by atoms with Crippen LogP contribution in [0.5, 0.6) is 0 Å². The molecular weight excluding hydrogens is 373 g/mol. The maximum Gasteiger partial charge on any atom is 0.271 e. The maximum absolute atomic E-state index is 12.0. The van der Waals surface area contributed by atoms with Crippen molar-refractivity contribution in [2.75, 3.05) is 44.2 Å². The predicted octanol–water partition coefficient (Wildman–Crippen LogP) is 0.162. The zero-order chi connectivity index (χ0) is 16.8. The molecule has 0 bridgehead atoms. The number of piperazine rings is 1. The first-order valence-corrected chi connectivity index (χ1v) is 7.25. The number of nitro benzene ring substituents is 1. The van der Waals surface area contributed by atoms with Gasteiger partial charge in [0, 0.05) is 44.0 Å². The number of carbonyl (C=O) groups is 2. The highest BCUT2D eigenvalue weighted by atomic mass is 35.5. The molecule has 11 heteroatoms. The van der Waals surface area contributed by atoms with E-state index in [1.165, 1.54) is 12.1 Å². The molecule has 1 saturated heterocycles. The number of amides is 2. The van der Waals surface area contributed by atoms with Gasteiger partial charge in [-0.05, 0) is 6.07 Å². The summed E-state index contributed by atoms with van der Waals surface area (Å²) in [6.07, 6.45) is 0. The number of rotatable bonds is 5. The minimum absolute atomic E-state index is 0. The Balaban J connectivity index is 0.00000288. The molecule has 1 fully saturated rings. The molecule has 25 heavy (non-hydrogen) atoms. The second-order valence-electron chi connectivity index (χ2n) is 5.13. The Morgan fingerprint density at radius 1 is 1.20 bits per heavy atom. The monoisotopic (exact) mass is 393 g/mol. The fraction of sp³-hybridized carbons (Fsp3) is 0.429. The molecule has 1 aromatic carbocycles. The molecule has 3 N–H and O–H groups in total. The van der Waals surface area contributed by atoms with E-state index in [4.69, 9.17) is 5.73 Å². The Kier molecular flexibility index (Phi) is 9.80. The summed E-state index contributed by atoms with van der Waals surface area (Å²) in [7, 11) is 0. The average molecular weight is 394 g/mol. The normalized spacial score (nSPS) is 13.3. The van der Waals surface area contributed by atoms with Crippen LogP contribution in [0.3, 0.4) is 0 Å². The highest BCUT2D eigenvalue weighted by molar-refractivity contribution is 5.86. The first kappa shape index (κ1) is 22.9. The lowest BCUT2D eigenvalue weighted by atomic mass is 10.2. The lowest BCUT2D eigenvalue weighted by molar-refractivity contribution is -0.384. The van der Waals surface area contributed by atoms with E-state index in [0.29, 0.717) is 26.2 Å². The van der Waals surface area contributed by atoms with Crippen molar-refractivity contribution in [2.45, 2.75) is 0 Å². The van der Waals surface area contributed by atoms with E-state index >= 15 is 0 Å². The summed E-state index contributed by atoms with van der Waals surface area (Å²) >= 11 is 0. The average Bonchev–Trinajstić information content (AvgIpc) is 2.59. The van der Waals surface area contributed by atoms with Gasteiger partial charge in [-0.2, -0.15) is 0 Å². The van der Waals surface area contributed by atoms with Gasteiger partial charge in [-0.15, -0.1) is 24.8 Å². The van der Waals surface area contributed by atoms with Gasteiger partial charge >= 0.3 is 0 Å². The van der Waals surface area contributed by atoms with Gasteiger partial charge in [0.2, 0.25) is 11.8 Å². The van der Waals surface area contributed by atoms with Crippen molar-refractivity contribution >= 4 is 48.0 Å². The van der Waals surface area contributed by atoms with Crippen molar-refractivity contribution in [3.63, 3.8) is 0 Å². The third-order valence-electron chi connectivity index (χ3n) is 3.66. The van der Waals surface area contributed by atoms with Gasteiger partial charge in [-0.3, -0.25) is 19.7 Å². The van der Waals surface area contributed by atoms with Crippen LogP contribution in [-0.2, 0) is 9.59 Å². The molecule has 2 rings (SSSR count). The summed E-state index contributed by atoms with van der Waals surface area (Å²) < 4.78 is 0. The van der Waals surface area contributed by atoms with Crippen LogP contribution >= 0.6 is 24.8 Å². The minimum Gasteiger partial charge on any atom is -0.368 e. The van der Waals surface area contributed by atoms with Crippen LogP contribution in [0, 0.1) is 10.1 Å². The molecule has 0 saturated carbocycles. The number of nitrogens with two attached hydrogens (primary N) is 1. The molecule has 2 amide bonds. The van der Waals surface area contributed by atoms with Crippen LogP contribution in [0.15, 0.2) is 24.3 Å². The van der Waals surface area contributed by atoms with Crippen molar-refractivity contribution in [2.24, 2.45) is 5.73 Å². The second kappa shape index (κ2) is 10.7. The summed E-state index contributed by atoms with van der Waals surface area (Å²) in [5.41, 5.74) is 5.97. The first-order valence-electron chi connectivity index (χ1n) is 7.25. The van der Waals surface area contributed by atoms with Crippen molar-refractivity contribution in [1.29, 1.82) is 0 Å². The molecule has 0 unspecified atom stereocenters. The van der Waals surface area contributed by atoms with Gasteiger partial charge in [0.05, 0.1) is 18.0 Å². The van der Waals surface area contributed by atoms with Crippen molar-refractivity contribution < 1.29 is 14.5 Å². The molecule has 0 aliphatic carbocycles. The molecule has 1 heterocycles. The van der Waals surface area contributed by atoms with E-state index in [1.54, 1.807) is 11.0 Å². The van der Waals surface area contributed by atoms with E-state index < -0.39 is 4.92 Å². The van der Waals surface area contributed by atoms with Crippen LogP contribution in [-0.4, -0.2) is 60.9 Å². The summed E-state index contributed by atoms with van der Waals surface area (Å²) in [6, 6.07) is 6.43. The van der Waals surface area contributed by atoms with Crippen LogP contribution in [0.25, 0.3) is 0 Å². The van der Waals surface area contributed by atoms with Gasteiger partial charge in [0.15, 0.2) is 0 Å². The number of hydrogen-bond acceptors (Lipinski definition) is 6. The third kappa shape index (κ3) is 6.37. The van der Waals surface area contributed by atoms with Crippen LogP contribution in [0.2, 0.25) is 0 Å². The SMILES string of the molecule is Cl.Cl.NCC(=O)NCC(=O)N1CCN(c2cccc([N+](=O)[O-])c2)CC1. The quantitative estimate of drug-likeness (QED) is 0.542. The number of non-ortho nitro benzene ring substituents is 1. The molecule has 140 valence electrons. The number of nitrogens with one attached hydrogen (secondary N) is 1. The van der Waals surface area contributed by atoms with E-state index in [9.17, 15) is 19.7 Å². The molecular formula is C14H21Cl2N5O4. The number of halogens is 2. The van der Waals surface area contributed by atoms with Gasteiger partial charge in [0.25, 0.3) is 5.69 Å². The molecule has 0 spiro atoms. The lowest BCUT2D eigenvalue weighted by Crippen LogP contribution is -2.51. The zero-order valence-electron chi connectivity index (χ0n) is 13.4. The molecule has 0 atom stereocenters. The summed E-state index contributed by atoms with van der Waals surface area (Å²) in [6.45, 7) is 1.95. The molecule has 1 aliphatic rings. The number of hydrogen-bond donors (Lipinski definition) is 2. The first-order chi connectivity index (χ1) is 11.0. The Hall–Kier alpha value is -2.10. The van der Waals surface area contributed by atoms with E-state index in [0.717, 1.165) is 5.69 Å². The van der Waals surface area contributed by atoms with Crippen molar-refractivity contribution in [3.8, 4) is 0 Å². The molecule has 0 aromatic heterocycles. The number of benzene rings is 1. The van der Waals surface area contributed by atoms with Crippen LogP contribution in [0.1, 0.15) is 0 Å². The Morgan fingerprint density at radius 2 is 1.84 bits per heavy atom. The summed E-state index contributed by atoms with van der Waals surface area (Å²) in [5, 5.41) is 13.3. The van der Waals surface area contributed by atoms with Gasteiger partial charge in [-0.25, -0.2) is 0 Å². The third-order valence-corrected chi connectivity index (χ3v) is 3.66. The molecule has 1 aromatic rings. The van der Waals surface area contributed by atoms with E-state index in [-0.39, 0.29) is 55.4 Å². The van der Waals surface area contributed by atoms with Crippen LogP contribution in [0.4, 0.5) is 11.4 Å². The lowest BCUT2D eigenvalue weighted by Gasteiger charge is -2.36. The Labute approximate surface area is 157 Å². The van der Waals surface area contributed by atoms with E-state index in [2.05, 4.69) is 5.32 Å². The second-order valence-corrected chi connectivity index (χ2v) is 5.13. The number of anilines is 1. The predicted molar refractivity (Wildman–Crippen MR) is 98.4 cm³/mol. The Morgan fingerprint density at radius 3 is 2.40 bits per heavy atom. The highest BCUT2D eigenvalue weighted by Crippen LogP contribution is 2.22. The molecule has 1 aliphatic heterocycles. The largest absolute Gasteiger partial charge is 0.368 e. The van der Waals surface area contributed by atoms with Gasteiger partial charge in [0.1, 0.15) is 0 Å². The van der Waals surface area contributed by atoms with Crippen molar-refractivity contribution in [3.05, 3.63) is 34.4 Å². The fourth-order valence-electron chi connectivity index (χ4n) is 2.38. The minimum atomic E-state index is -0.427. The highest BCUT2D eigenvalue weighted by Gasteiger charge is 2.22. The zero-order valence-corrected chi connectivity index (χ0v) is 15.1. The molecule has 9 nitrogen and oxygen atoms in total. The smallest absolute Gasteiger partial charge is 0.271 e. The number of nitro groups is 1. The standard InChI is InChI=1S/C14H19N5O4.2ClH/c15-9-13(20)16-10-14(21)18-6-4-17(5-7-18)11-2-1-3-12(8-11)19(22)23;;/h1-3,8H,4-7,9-10,15H2,(H,16,20);2*1H.